The van der Waals surface area contributed by atoms with Crippen LogP contribution in [-0.4, -0.2) is 5.11 Å². The second-order valence-corrected chi connectivity index (χ2v) is 6.13. The predicted molar refractivity (Wildman–Crippen MR) is 78.4 cm³/mol. The van der Waals surface area contributed by atoms with Crippen LogP contribution in [0.4, 0.5) is 0 Å². The van der Waals surface area contributed by atoms with Crippen LogP contribution >= 0.6 is 38.9 Å². The molecule has 1 unspecified atom stereocenters. The molecule has 0 fully saturated rings. The molecule has 5 heteroatoms. The Balaban J connectivity index is 2.16. The third-order valence-electron chi connectivity index (χ3n) is 2.47. The van der Waals surface area contributed by atoms with Crippen molar-refractivity contribution in [1.29, 1.82) is 0 Å². The quantitative estimate of drug-likeness (QED) is 0.861. The fourth-order valence-electron chi connectivity index (χ4n) is 1.55. The minimum absolute atomic E-state index is 0.472. The van der Waals surface area contributed by atoms with Gasteiger partial charge in [0.25, 0.3) is 0 Å². The Morgan fingerprint density at radius 2 is 2.22 bits per heavy atom. The summed E-state index contributed by atoms with van der Waals surface area (Å²) in [5.74, 6) is 0.662. The van der Waals surface area contributed by atoms with E-state index in [0.717, 1.165) is 9.35 Å². The van der Waals surface area contributed by atoms with E-state index in [-0.39, 0.29) is 0 Å². The molecule has 2 aromatic rings. The van der Waals surface area contributed by atoms with Crippen LogP contribution < -0.4 is 4.74 Å². The summed E-state index contributed by atoms with van der Waals surface area (Å²) >= 11 is 11.0. The summed E-state index contributed by atoms with van der Waals surface area (Å²) in [6.45, 7) is 2.17. The van der Waals surface area contributed by atoms with Crippen LogP contribution in [0.5, 0.6) is 5.75 Å². The van der Waals surface area contributed by atoms with E-state index in [4.69, 9.17) is 16.3 Å². The SMILES string of the molecule is CC(O)c1cc(Cl)ccc1OCc1sccc1Br. The van der Waals surface area contributed by atoms with Crippen LogP contribution in [0.15, 0.2) is 34.1 Å². The second-order valence-electron chi connectivity index (χ2n) is 3.84. The Morgan fingerprint density at radius 3 is 2.83 bits per heavy atom. The second kappa shape index (κ2) is 6.06. The Labute approximate surface area is 123 Å². The largest absolute Gasteiger partial charge is 0.488 e. The number of rotatable bonds is 4. The van der Waals surface area contributed by atoms with Crippen LogP contribution in [0.1, 0.15) is 23.5 Å². The van der Waals surface area contributed by atoms with Gasteiger partial charge in [-0.2, -0.15) is 0 Å². The molecule has 96 valence electrons. The molecule has 1 atom stereocenters. The minimum Gasteiger partial charge on any atom is -0.488 e. The number of hydrogen-bond acceptors (Lipinski definition) is 3. The first kappa shape index (κ1) is 13.9. The van der Waals surface area contributed by atoms with Crippen LogP contribution in [0, 0.1) is 0 Å². The molecule has 2 nitrogen and oxygen atoms in total. The topological polar surface area (TPSA) is 29.5 Å². The van der Waals surface area contributed by atoms with Crippen molar-refractivity contribution >= 4 is 38.9 Å². The highest BCUT2D eigenvalue weighted by molar-refractivity contribution is 9.10. The van der Waals surface area contributed by atoms with Crippen molar-refractivity contribution in [2.75, 3.05) is 0 Å². The van der Waals surface area contributed by atoms with Gasteiger partial charge >= 0.3 is 0 Å². The van der Waals surface area contributed by atoms with E-state index in [1.165, 1.54) is 0 Å². The lowest BCUT2D eigenvalue weighted by molar-refractivity contribution is 0.190. The van der Waals surface area contributed by atoms with Crippen LogP contribution in [0.2, 0.25) is 5.02 Å². The molecule has 1 heterocycles. The molecule has 2 rings (SSSR count). The summed E-state index contributed by atoms with van der Waals surface area (Å²) in [6, 6.07) is 7.25. The van der Waals surface area contributed by atoms with E-state index in [1.807, 2.05) is 11.4 Å². The monoisotopic (exact) mass is 346 g/mol. The van der Waals surface area contributed by atoms with E-state index >= 15 is 0 Å². The lowest BCUT2D eigenvalue weighted by Crippen LogP contribution is -2.00. The van der Waals surface area contributed by atoms with Crippen molar-refractivity contribution in [2.24, 2.45) is 0 Å². The number of thiophene rings is 1. The zero-order chi connectivity index (χ0) is 13.1. The molecule has 18 heavy (non-hydrogen) atoms. The lowest BCUT2D eigenvalue weighted by Gasteiger charge is -2.13. The normalized spacial score (nSPS) is 12.4. The van der Waals surface area contributed by atoms with E-state index in [9.17, 15) is 5.11 Å². The summed E-state index contributed by atoms with van der Waals surface area (Å²) in [6.07, 6.45) is -0.606. The van der Waals surface area contributed by atoms with Crippen molar-refractivity contribution in [3.8, 4) is 5.75 Å². The fourth-order valence-corrected chi connectivity index (χ4v) is 3.11. The van der Waals surface area contributed by atoms with E-state index in [1.54, 1.807) is 36.5 Å². The first-order valence-electron chi connectivity index (χ1n) is 5.40. The predicted octanol–water partition coefficient (Wildman–Crippen LogP) is 4.80. The van der Waals surface area contributed by atoms with Crippen LogP contribution in [-0.2, 0) is 6.61 Å². The molecule has 0 saturated carbocycles. The summed E-state index contributed by atoms with van der Waals surface area (Å²) in [4.78, 5) is 1.11. The van der Waals surface area contributed by atoms with Gasteiger partial charge in [-0.1, -0.05) is 11.6 Å². The zero-order valence-electron chi connectivity index (χ0n) is 9.69. The highest BCUT2D eigenvalue weighted by Crippen LogP contribution is 2.30. The Hall–Kier alpha value is -0.550. The number of halogens is 2. The van der Waals surface area contributed by atoms with Crippen molar-refractivity contribution in [3.63, 3.8) is 0 Å². The number of aliphatic hydroxyl groups is 1. The number of benzene rings is 1. The van der Waals surface area contributed by atoms with Crippen molar-refractivity contribution in [3.05, 3.63) is 49.6 Å². The van der Waals surface area contributed by atoms with E-state index in [0.29, 0.717) is 22.9 Å². The molecule has 0 aliphatic heterocycles. The minimum atomic E-state index is -0.606. The smallest absolute Gasteiger partial charge is 0.125 e. The Bertz CT molecular complexity index is 540. The van der Waals surface area contributed by atoms with E-state index < -0.39 is 6.10 Å². The maximum Gasteiger partial charge on any atom is 0.125 e. The molecule has 0 saturated heterocycles. The molecular formula is C13H12BrClO2S. The van der Waals surface area contributed by atoms with Crippen molar-refractivity contribution in [2.45, 2.75) is 19.6 Å². The molecule has 0 spiro atoms. The number of ether oxygens (including phenoxy) is 1. The number of aliphatic hydroxyl groups excluding tert-OH is 1. The van der Waals surface area contributed by atoms with Gasteiger partial charge in [-0.25, -0.2) is 0 Å². The van der Waals surface area contributed by atoms with Gasteiger partial charge in [0, 0.05) is 15.1 Å². The molecule has 0 bridgehead atoms. The highest BCUT2D eigenvalue weighted by Gasteiger charge is 2.11. The molecule has 1 aromatic heterocycles. The van der Waals surface area contributed by atoms with Gasteiger partial charge in [0.2, 0.25) is 0 Å². The van der Waals surface area contributed by atoms with Crippen molar-refractivity contribution < 1.29 is 9.84 Å². The van der Waals surface area contributed by atoms with Gasteiger partial charge < -0.3 is 9.84 Å². The molecule has 1 N–H and O–H groups in total. The Morgan fingerprint density at radius 1 is 1.44 bits per heavy atom. The molecule has 0 radical (unpaired) electrons. The Kier molecular flexibility index (Phi) is 4.67. The molecule has 0 aliphatic carbocycles. The fraction of sp³-hybridized carbons (Fsp3) is 0.231. The molecule has 0 aliphatic rings. The van der Waals surface area contributed by atoms with Gasteiger partial charge in [-0.3, -0.25) is 0 Å². The van der Waals surface area contributed by atoms with Crippen molar-refractivity contribution in [1.82, 2.24) is 0 Å². The van der Waals surface area contributed by atoms with Gasteiger partial charge in [-0.05, 0) is 52.5 Å². The van der Waals surface area contributed by atoms with Crippen LogP contribution in [0.3, 0.4) is 0 Å². The lowest BCUT2D eigenvalue weighted by atomic mass is 10.1. The maximum absolute atomic E-state index is 9.70. The molecule has 0 amide bonds. The average Bonchev–Trinajstić information content (AvgIpc) is 2.73. The third-order valence-corrected chi connectivity index (χ3v) is 4.61. The van der Waals surface area contributed by atoms with Gasteiger partial charge in [0.05, 0.1) is 11.0 Å². The molecule has 1 aromatic carbocycles. The highest BCUT2D eigenvalue weighted by atomic mass is 79.9. The van der Waals surface area contributed by atoms with Gasteiger partial charge in [-0.15, -0.1) is 11.3 Å². The molecular weight excluding hydrogens is 336 g/mol. The van der Waals surface area contributed by atoms with Gasteiger partial charge in [0.1, 0.15) is 12.4 Å². The van der Waals surface area contributed by atoms with Crippen LogP contribution in [0.25, 0.3) is 0 Å². The summed E-state index contributed by atoms with van der Waals surface area (Å²) < 4.78 is 6.78. The van der Waals surface area contributed by atoms with Gasteiger partial charge in [0.15, 0.2) is 0 Å². The summed E-state index contributed by atoms with van der Waals surface area (Å²) in [7, 11) is 0. The summed E-state index contributed by atoms with van der Waals surface area (Å²) in [5, 5.41) is 12.3. The number of hydrogen-bond donors (Lipinski definition) is 1. The van der Waals surface area contributed by atoms with E-state index in [2.05, 4.69) is 15.9 Å². The standard InChI is InChI=1S/C13H12BrClO2S/c1-8(16)10-6-9(15)2-3-12(10)17-7-13-11(14)4-5-18-13/h2-6,8,16H,7H2,1H3. The third kappa shape index (κ3) is 3.26. The first-order chi connectivity index (χ1) is 8.58. The first-order valence-corrected chi connectivity index (χ1v) is 7.45. The average molecular weight is 348 g/mol. The zero-order valence-corrected chi connectivity index (χ0v) is 12.8. The maximum atomic E-state index is 9.70. The summed E-state index contributed by atoms with van der Waals surface area (Å²) in [5.41, 5.74) is 0.704.